The second-order valence-corrected chi connectivity index (χ2v) is 8.51. The molecule has 2 aromatic carbocycles. The van der Waals surface area contributed by atoms with Crippen LogP contribution in [0.3, 0.4) is 0 Å². The van der Waals surface area contributed by atoms with Gasteiger partial charge < -0.3 is 15.2 Å². The molecular weight excluding hydrogens is 310 g/mol. The van der Waals surface area contributed by atoms with Gasteiger partial charge in [0.25, 0.3) is 0 Å². The van der Waals surface area contributed by atoms with Crippen molar-refractivity contribution in [1.29, 1.82) is 0 Å². The van der Waals surface area contributed by atoms with Crippen LogP contribution < -0.4 is 10.1 Å². The Balaban J connectivity index is 1.64. The third kappa shape index (κ3) is 4.99. The quantitative estimate of drug-likeness (QED) is 0.759. The third-order valence-electron chi connectivity index (χ3n) is 4.95. The molecule has 1 aliphatic carbocycles. The lowest BCUT2D eigenvalue weighted by atomic mass is 9.63. The zero-order valence-corrected chi connectivity index (χ0v) is 15.5. The van der Waals surface area contributed by atoms with Crippen LogP contribution in [0.25, 0.3) is 0 Å². The van der Waals surface area contributed by atoms with Gasteiger partial charge in [-0.05, 0) is 54.4 Å². The summed E-state index contributed by atoms with van der Waals surface area (Å²) >= 11 is 0. The molecule has 1 fully saturated rings. The number of aliphatic hydroxyl groups is 1. The molecule has 0 aromatic heterocycles. The summed E-state index contributed by atoms with van der Waals surface area (Å²) in [7, 11) is 0. The number of hydrogen-bond donors (Lipinski definition) is 2. The molecule has 0 amide bonds. The summed E-state index contributed by atoms with van der Waals surface area (Å²) in [5.41, 5.74) is 1.33. The van der Waals surface area contributed by atoms with Crippen LogP contribution in [-0.2, 0) is 0 Å². The number of rotatable bonds is 5. The number of para-hydroxylation sites is 1. The zero-order chi connectivity index (χ0) is 17.9. The monoisotopic (exact) mass is 339 g/mol. The highest BCUT2D eigenvalue weighted by Gasteiger charge is 2.40. The van der Waals surface area contributed by atoms with Crippen molar-refractivity contribution in [3.8, 4) is 11.5 Å². The van der Waals surface area contributed by atoms with Crippen molar-refractivity contribution in [2.45, 2.75) is 46.1 Å². The van der Waals surface area contributed by atoms with E-state index in [1.807, 2.05) is 48.5 Å². The molecule has 0 unspecified atom stereocenters. The first kappa shape index (κ1) is 17.8. The summed E-state index contributed by atoms with van der Waals surface area (Å²) in [6, 6.07) is 17.9. The number of aliphatic hydroxyl groups excluding tert-OH is 1. The molecule has 25 heavy (non-hydrogen) atoms. The van der Waals surface area contributed by atoms with Crippen LogP contribution in [0.5, 0.6) is 11.5 Å². The van der Waals surface area contributed by atoms with Crippen LogP contribution in [0, 0.1) is 10.8 Å². The van der Waals surface area contributed by atoms with E-state index in [2.05, 4.69) is 32.2 Å². The Kier molecular flexibility index (Phi) is 5.05. The number of nitrogens with one attached hydrogen (secondary N) is 1. The molecule has 1 saturated carbocycles. The second-order valence-electron chi connectivity index (χ2n) is 8.51. The Morgan fingerprint density at radius 1 is 1.00 bits per heavy atom. The highest BCUT2D eigenvalue weighted by atomic mass is 16.5. The van der Waals surface area contributed by atoms with E-state index in [0.29, 0.717) is 0 Å². The second kappa shape index (κ2) is 7.09. The van der Waals surface area contributed by atoms with Gasteiger partial charge in [-0.2, -0.15) is 0 Å². The minimum absolute atomic E-state index is 0.0947. The van der Waals surface area contributed by atoms with Crippen molar-refractivity contribution in [2.75, 3.05) is 11.9 Å². The maximum absolute atomic E-state index is 10.2. The van der Waals surface area contributed by atoms with Gasteiger partial charge >= 0.3 is 0 Å². The lowest BCUT2D eigenvalue weighted by Crippen LogP contribution is -2.42. The fraction of sp³-hybridized carbons (Fsp3) is 0.455. The van der Waals surface area contributed by atoms with Crippen LogP contribution in [0.1, 0.15) is 40.0 Å². The molecule has 134 valence electrons. The van der Waals surface area contributed by atoms with E-state index < -0.39 is 0 Å². The summed E-state index contributed by atoms with van der Waals surface area (Å²) in [5.74, 6) is 1.66. The highest BCUT2D eigenvalue weighted by molar-refractivity contribution is 5.49. The lowest BCUT2D eigenvalue weighted by molar-refractivity contribution is -0.00317. The van der Waals surface area contributed by atoms with E-state index in [0.717, 1.165) is 43.0 Å². The Labute approximate surface area is 151 Å². The van der Waals surface area contributed by atoms with Crippen LogP contribution in [0.4, 0.5) is 5.69 Å². The molecule has 2 N–H and O–H groups in total. The van der Waals surface area contributed by atoms with E-state index in [9.17, 15) is 5.11 Å². The Morgan fingerprint density at radius 2 is 1.72 bits per heavy atom. The molecule has 0 bridgehead atoms. The van der Waals surface area contributed by atoms with Gasteiger partial charge in [-0.15, -0.1) is 0 Å². The number of hydrogen-bond acceptors (Lipinski definition) is 3. The summed E-state index contributed by atoms with van der Waals surface area (Å²) < 4.78 is 5.91. The van der Waals surface area contributed by atoms with E-state index in [4.69, 9.17) is 4.74 Å². The van der Waals surface area contributed by atoms with Gasteiger partial charge in [-0.1, -0.05) is 45.0 Å². The Morgan fingerprint density at radius 3 is 2.44 bits per heavy atom. The average molecular weight is 339 g/mol. The first-order chi connectivity index (χ1) is 11.8. The van der Waals surface area contributed by atoms with Gasteiger partial charge in [-0.25, -0.2) is 0 Å². The smallest absolute Gasteiger partial charge is 0.129 e. The van der Waals surface area contributed by atoms with Gasteiger partial charge in [-0.3, -0.25) is 0 Å². The van der Waals surface area contributed by atoms with Crippen LogP contribution >= 0.6 is 0 Å². The van der Waals surface area contributed by atoms with Gasteiger partial charge in [0.1, 0.15) is 11.5 Å². The molecule has 0 saturated heterocycles. The van der Waals surface area contributed by atoms with Crippen LogP contribution in [0.2, 0.25) is 0 Å². The van der Waals surface area contributed by atoms with Crippen molar-refractivity contribution in [2.24, 2.45) is 10.8 Å². The minimum atomic E-state index is -0.205. The Bertz CT molecular complexity index is 698. The molecule has 1 aliphatic rings. The topological polar surface area (TPSA) is 41.5 Å². The normalized spacial score (nSPS) is 25.4. The van der Waals surface area contributed by atoms with E-state index in [-0.39, 0.29) is 16.9 Å². The van der Waals surface area contributed by atoms with Crippen LogP contribution in [0.15, 0.2) is 54.6 Å². The summed E-state index contributed by atoms with van der Waals surface area (Å²) in [6.45, 7) is 7.63. The van der Waals surface area contributed by atoms with Gasteiger partial charge in [0, 0.05) is 18.3 Å². The summed E-state index contributed by atoms with van der Waals surface area (Å²) in [6.07, 6.45) is 2.65. The fourth-order valence-corrected chi connectivity index (χ4v) is 4.32. The van der Waals surface area contributed by atoms with E-state index >= 15 is 0 Å². The third-order valence-corrected chi connectivity index (χ3v) is 4.95. The fourth-order valence-electron chi connectivity index (χ4n) is 4.32. The predicted octanol–water partition coefficient (Wildman–Crippen LogP) is 5.47. The van der Waals surface area contributed by atoms with E-state index in [1.54, 1.807) is 0 Å². The molecule has 2 atom stereocenters. The first-order valence-electron chi connectivity index (χ1n) is 9.09. The highest BCUT2D eigenvalue weighted by Crippen LogP contribution is 2.46. The molecule has 3 rings (SSSR count). The minimum Gasteiger partial charge on any atom is -0.457 e. The maximum Gasteiger partial charge on any atom is 0.129 e. The van der Waals surface area contributed by atoms with Crippen molar-refractivity contribution < 1.29 is 9.84 Å². The van der Waals surface area contributed by atoms with Gasteiger partial charge in [0.05, 0.1) is 6.10 Å². The number of benzene rings is 2. The SMILES string of the molecule is CC1(C)C[C@H](O)C[C@](C)(CNc2cccc(Oc3ccccc3)c2)C1. The molecule has 0 heterocycles. The molecule has 0 spiro atoms. The molecule has 3 nitrogen and oxygen atoms in total. The van der Waals surface area contributed by atoms with Crippen LogP contribution in [-0.4, -0.2) is 17.8 Å². The molecular formula is C22H29NO2. The molecule has 2 aromatic rings. The lowest BCUT2D eigenvalue weighted by Gasteiger charge is -2.45. The summed E-state index contributed by atoms with van der Waals surface area (Å²) in [5, 5.41) is 13.8. The zero-order valence-electron chi connectivity index (χ0n) is 15.5. The van der Waals surface area contributed by atoms with E-state index in [1.165, 1.54) is 0 Å². The standard InChI is InChI=1S/C22H29NO2/c1-21(2)13-18(24)14-22(3,15-21)16-23-17-8-7-11-20(12-17)25-19-9-5-4-6-10-19/h4-12,18,23-24H,13-16H2,1-3H3/t18-,22-/m0/s1. The first-order valence-corrected chi connectivity index (χ1v) is 9.09. The molecule has 3 heteroatoms. The van der Waals surface area contributed by atoms with Crippen molar-refractivity contribution >= 4 is 5.69 Å². The number of ether oxygens (including phenoxy) is 1. The summed E-state index contributed by atoms with van der Waals surface area (Å²) in [4.78, 5) is 0. The van der Waals surface area contributed by atoms with Crippen molar-refractivity contribution in [3.05, 3.63) is 54.6 Å². The molecule has 0 aliphatic heterocycles. The number of anilines is 1. The average Bonchev–Trinajstić information content (AvgIpc) is 2.52. The maximum atomic E-state index is 10.2. The largest absolute Gasteiger partial charge is 0.457 e. The van der Waals surface area contributed by atoms with Crippen molar-refractivity contribution in [1.82, 2.24) is 0 Å². The van der Waals surface area contributed by atoms with Gasteiger partial charge in [0.2, 0.25) is 0 Å². The van der Waals surface area contributed by atoms with Crippen molar-refractivity contribution in [3.63, 3.8) is 0 Å². The predicted molar refractivity (Wildman–Crippen MR) is 103 cm³/mol. The molecule has 0 radical (unpaired) electrons. The van der Waals surface area contributed by atoms with Gasteiger partial charge in [0.15, 0.2) is 0 Å². The Hall–Kier alpha value is -2.00.